The monoisotopic (exact) mass is 208 g/mol. The number of rotatable bonds is 2. The van der Waals surface area contributed by atoms with Crippen LogP contribution in [0.1, 0.15) is 11.7 Å². The molecule has 4 heteroatoms. The molecule has 0 spiro atoms. The Morgan fingerprint density at radius 3 is 3.07 bits per heavy atom. The quantitative estimate of drug-likeness (QED) is 0.611. The van der Waals surface area contributed by atoms with Gasteiger partial charge in [0.15, 0.2) is 0 Å². The molecule has 0 aromatic heterocycles. The van der Waals surface area contributed by atoms with Crippen molar-refractivity contribution in [2.45, 2.75) is 12.1 Å². The molecule has 15 heavy (non-hydrogen) atoms. The van der Waals surface area contributed by atoms with E-state index in [1.807, 2.05) is 12.1 Å². The number of hydrogen-bond acceptors (Lipinski definition) is 4. The lowest BCUT2D eigenvalue weighted by molar-refractivity contribution is 0.0177. The number of nitrogen functional groups attached to an aromatic ring is 1. The zero-order chi connectivity index (χ0) is 10.7. The van der Waals surface area contributed by atoms with E-state index in [-0.39, 0.29) is 6.04 Å². The van der Waals surface area contributed by atoms with Crippen LogP contribution in [0, 0.1) is 0 Å². The standard InChI is InChI=1S/C11H16N2O2/c12-9-3-1-2-8(6-9)11(14)10-7-15-5-4-13-10/h1-3,6,10-11,13-14H,4-5,7,12H2. The summed E-state index contributed by atoms with van der Waals surface area (Å²) in [6.07, 6.45) is -0.561. The van der Waals surface area contributed by atoms with E-state index in [0.29, 0.717) is 18.9 Å². The second kappa shape index (κ2) is 4.61. The van der Waals surface area contributed by atoms with Crippen molar-refractivity contribution in [3.8, 4) is 0 Å². The van der Waals surface area contributed by atoms with Gasteiger partial charge in [0.25, 0.3) is 0 Å². The maximum atomic E-state index is 10.1. The molecule has 0 bridgehead atoms. The number of morpholine rings is 1. The van der Waals surface area contributed by atoms with E-state index < -0.39 is 6.10 Å². The molecule has 2 rings (SSSR count). The van der Waals surface area contributed by atoms with Gasteiger partial charge in [0, 0.05) is 12.2 Å². The fourth-order valence-electron chi connectivity index (χ4n) is 1.76. The summed E-state index contributed by atoms with van der Waals surface area (Å²) < 4.78 is 5.30. The minimum Gasteiger partial charge on any atom is -0.399 e. The summed E-state index contributed by atoms with van der Waals surface area (Å²) in [5, 5.41) is 13.3. The average Bonchev–Trinajstić information content (AvgIpc) is 2.29. The third-order valence-corrected chi connectivity index (χ3v) is 2.58. The van der Waals surface area contributed by atoms with Gasteiger partial charge in [-0.2, -0.15) is 0 Å². The maximum Gasteiger partial charge on any atom is 0.0966 e. The van der Waals surface area contributed by atoms with Crippen molar-refractivity contribution in [3.63, 3.8) is 0 Å². The molecule has 1 aromatic rings. The number of nitrogens with two attached hydrogens (primary N) is 1. The lowest BCUT2D eigenvalue weighted by Gasteiger charge is -2.28. The molecule has 1 fully saturated rings. The first-order valence-electron chi connectivity index (χ1n) is 5.12. The van der Waals surface area contributed by atoms with Gasteiger partial charge < -0.3 is 20.9 Å². The van der Waals surface area contributed by atoms with Crippen molar-refractivity contribution in [2.24, 2.45) is 0 Å². The summed E-state index contributed by atoms with van der Waals surface area (Å²) in [7, 11) is 0. The lowest BCUT2D eigenvalue weighted by Crippen LogP contribution is -2.45. The first kappa shape index (κ1) is 10.4. The summed E-state index contributed by atoms with van der Waals surface area (Å²) in [5.74, 6) is 0. The Balaban J connectivity index is 2.08. The van der Waals surface area contributed by atoms with Gasteiger partial charge in [0.2, 0.25) is 0 Å². The van der Waals surface area contributed by atoms with Gasteiger partial charge in [0.05, 0.1) is 25.4 Å². The Hall–Kier alpha value is -1.10. The Morgan fingerprint density at radius 2 is 2.40 bits per heavy atom. The molecule has 1 aromatic carbocycles. The molecule has 1 heterocycles. The highest BCUT2D eigenvalue weighted by Gasteiger charge is 2.23. The second-order valence-electron chi connectivity index (χ2n) is 3.75. The van der Waals surface area contributed by atoms with Crippen LogP contribution in [0.3, 0.4) is 0 Å². The Morgan fingerprint density at radius 1 is 1.53 bits per heavy atom. The predicted molar refractivity (Wildman–Crippen MR) is 58.4 cm³/mol. The lowest BCUT2D eigenvalue weighted by atomic mass is 10.0. The molecular weight excluding hydrogens is 192 g/mol. The van der Waals surface area contributed by atoms with Crippen LogP contribution >= 0.6 is 0 Å². The SMILES string of the molecule is Nc1cccc(C(O)C2COCCN2)c1. The van der Waals surface area contributed by atoms with Crippen LogP contribution in [-0.4, -0.2) is 30.9 Å². The molecule has 1 aliphatic heterocycles. The summed E-state index contributed by atoms with van der Waals surface area (Å²) in [4.78, 5) is 0. The van der Waals surface area contributed by atoms with E-state index in [2.05, 4.69) is 5.32 Å². The molecule has 0 radical (unpaired) electrons. The predicted octanol–water partition coefficient (Wildman–Crippen LogP) is 0.291. The van der Waals surface area contributed by atoms with Crippen molar-refractivity contribution in [1.29, 1.82) is 0 Å². The molecule has 0 saturated carbocycles. The molecule has 1 saturated heterocycles. The topological polar surface area (TPSA) is 67.5 Å². The van der Waals surface area contributed by atoms with Gasteiger partial charge in [-0.25, -0.2) is 0 Å². The van der Waals surface area contributed by atoms with Crippen molar-refractivity contribution in [3.05, 3.63) is 29.8 Å². The number of nitrogens with one attached hydrogen (secondary N) is 1. The number of hydrogen-bond donors (Lipinski definition) is 3. The van der Waals surface area contributed by atoms with Gasteiger partial charge in [-0.15, -0.1) is 0 Å². The van der Waals surface area contributed by atoms with E-state index in [1.54, 1.807) is 12.1 Å². The van der Waals surface area contributed by atoms with Crippen LogP contribution in [0.5, 0.6) is 0 Å². The molecular formula is C11H16N2O2. The molecule has 4 nitrogen and oxygen atoms in total. The second-order valence-corrected chi connectivity index (χ2v) is 3.75. The number of ether oxygens (including phenoxy) is 1. The van der Waals surface area contributed by atoms with Crippen LogP contribution in [0.4, 0.5) is 5.69 Å². The highest BCUT2D eigenvalue weighted by atomic mass is 16.5. The summed E-state index contributed by atoms with van der Waals surface area (Å²) in [6, 6.07) is 7.28. The van der Waals surface area contributed by atoms with Crippen LogP contribution in [0.15, 0.2) is 24.3 Å². The van der Waals surface area contributed by atoms with Crippen LogP contribution in [0.25, 0.3) is 0 Å². The van der Waals surface area contributed by atoms with Crippen molar-refractivity contribution >= 4 is 5.69 Å². The zero-order valence-corrected chi connectivity index (χ0v) is 8.52. The van der Waals surface area contributed by atoms with Crippen molar-refractivity contribution in [2.75, 3.05) is 25.5 Å². The van der Waals surface area contributed by atoms with Crippen LogP contribution < -0.4 is 11.1 Å². The number of benzene rings is 1. The molecule has 0 amide bonds. The summed E-state index contributed by atoms with van der Waals surface area (Å²) in [6.45, 7) is 2.03. The fourth-order valence-corrected chi connectivity index (χ4v) is 1.76. The molecule has 4 N–H and O–H groups in total. The Labute approximate surface area is 89.0 Å². The first-order valence-corrected chi connectivity index (χ1v) is 5.12. The summed E-state index contributed by atoms with van der Waals surface area (Å²) in [5.41, 5.74) is 7.16. The maximum absolute atomic E-state index is 10.1. The normalized spacial score (nSPS) is 23.7. The minimum atomic E-state index is -0.561. The minimum absolute atomic E-state index is 0.0412. The van der Waals surface area contributed by atoms with E-state index in [1.165, 1.54) is 0 Å². The first-order chi connectivity index (χ1) is 7.27. The van der Waals surface area contributed by atoms with Gasteiger partial charge >= 0.3 is 0 Å². The third-order valence-electron chi connectivity index (χ3n) is 2.58. The fraction of sp³-hybridized carbons (Fsp3) is 0.455. The number of aliphatic hydroxyl groups is 1. The number of aliphatic hydroxyl groups excluding tert-OH is 1. The molecule has 0 aliphatic carbocycles. The smallest absolute Gasteiger partial charge is 0.0966 e. The average molecular weight is 208 g/mol. The molecule has 1 aliphatic rings. The van der Waals surface area contributed by atoms with Crippen LogP contribution in [-0.2, 0) is 4.74 Å². The number of anilines is 1. The largest absolute Gasteiger partial charge is 0.399 e. The van der Waals surface area contributed by atoms with Crippen molar-refractivity contribution < 1.29 is 9.84 Å². The Kier molecular flexibility index (Phi) is 3.20. The highest BCUT2D eigenvalue weighted by molar-refractivity contribution is 5.41. The van der Waals surface area contributed by atoms with E-state index >= 15 is 0 Å². The van der Waals surface area contributed by atoms with Crippen LogP contribution in [0.2, 0.25) is 0 Å². The third kappa shape index (κ3) is 2.47. The van der Waals surface area contributed by atoms with E-state index in [4.69, 9.17) is 10.5 Å². The molecule has 2 unspecified atom stereocenters. The highest BCUT2D eigenvalue weighted by Crippen LogP contribution is 2.20. The van der Waals surface area contributed by atoms with Gasteiger partial charge in [-0.1, -0.05) is 12.1 Å². The van der Waals surface area contributed by atoms with Crippen molar-refractivity contribution in [1.82, 2.24) is 5.32 Å². The summed E-state index contributed by atoms with van der Waals surface area (Å²) >= 11 is 0. The van der Waals surface area contributed by atoms with Gasteiger partial charge in [-0.3, -0.25) is 0 Å². The molecule has 82 valence electrons. The zero-order valence-electron chi connectivity index (χ0n) is 8.52. The Bertz CT molecular complexity index is 324. The van der Waals surface area contributed by atoms with Gasteiger partial charge in [-0.05, 0) is 17.7 Å². The van der Waals surface area contributed by atoms with Gasteiger partial charge in [0.1, 0.15) is 0 Å². The van der Waals surface area contributed by atoms with E-state index in [9.17, 15) is 5.11 Å². The molecule has 2 atom stereocenters. The van der Waals surface area contributed by atoms with E-state index in [0.717, 1.165) is 12.1 Å².